The van der Waals surface area contributed by atoms with Gasteiger partial charge in [0.25, 0.3) is 0 Å². The van der Waals surface area contributed by atoms with Crippen LogP contribution in [0, 0.1) is 5.82 Å². The van der Waals surface area contributed by atoms with Crippen LogP contribution in [0.1, 0.15) is 16.7 Å². The Morgan fingerprint density at radius 3 is 2.05 bits per heavy atom. The number of hydrogen-bond acceptors (Lipinski definition) is 0. The first kappa shape index (κ1) is 14.8. The van der Waals surface area contributed by atoms with Crippen LogP contribution in [0.5, 0.6) is 0 Å². The van der Waals surface area contributed by atoms with Gasteiger partial charge in [-0.15, -0.1) is 0 Å². The van der Waals surface area contributed by atoms with Crippen LogP contribution in [-0.4, -0.2) is 0 Å². The molecule has 19 heavy (non-hydrogen) atoms. The average Bonchev–Trinajstić information content (AvgIpc) is 2.39. The summed E-state index contributed by atoms with van der Waals surface area (Å²) in [5.74, 6) is -0.248. The number of rotatable bonds is 4. The molecule has 4 heteroatoms. The second kappa shape index (κ2) is 6.74. The van der Waals surface area contributed by atoms with E-state index in [1.54, 1.807) is 12.1 Å². The fraction of sp³-hybridized carbons (Fsp3) is 0.200. The number of halogens is 4. The molecule has 0 nitrogen and oxygen atoms in total. The molecule has 0 aliphatic rings. The van der Waals surface area contributed by atoms with E-state index in [9.17, 15) is 4.39 Å². The van der Waals surface area contributed by atoms with E-state index in [-0.39, 0.29) is 5.82 Å². The van der Waals surface area contributed by atoms with Crippen LogP contribution in [0.3, 0.4) is 0 Å². The maximum atomic E-state index is 13.7. The van der Waals surface area contributed by atoms with Gasteiger partial charge in [-0.25, -0.2) is 4.39 Å². The van der Waals surface area contributed by atoms with Gasteiger partial charge in [0.15, 0.2) is 0 Å². The highest BCUT2D eigenvalue weighted by Crippen LogP contribution is 2.21. The first-order valence-electron chi connectivity index (χ1n) is 5.87. The van der Waals surface area contributed by atoms with Crippen LogP contribution in [0.25, 0.3) is 0 Å². The summed E-state index contributed by atoms with van der Waals surface area (Å²) in [4.78, 5) is 0. The Bertz CT molecular complexity index is 584. The zero-order valence-corrected chi connectivity index (χ0v) is 13.2. The minimum atomic E-state index is -0.248. The molecular weight excluding hydrogens is 350 g/mol. The summed E-state index contributed by atoms with van der Waals surface area (Å²) in [7, 11) is 0. The number of alkyl halides is 1. The quantitative estimate of drug-likeness (QED) is 0.602. The van der Waals surface area contributed by atoms with E-state index in [1.807, 2.05) is 18.2 Å². The monoisotopic (exact) mass is 360 g/mol. The van der Waals surface area contributed by atoms with Gasteiger partial charge in [0.1, 0.15) is 5.82 Å². The number of hydrogen-bond donors (Lipinski definition) is 0. The summed E-state index contributed by atoms with van der Waals surface area (Å²) in [6.07, 6.45) is 1.42. The molecule has 0 aromatic heterocycles. The fourth-order valence-electron chi connectivity index (χ4n) is 1.96. The molecule has 0 aliphatic carbocycles. The fourth-order valence-corrected chi connectivity index (χ4v) is 2.83. The van der Waals surface area contributed by atoms with E-state index >= 15 is 0 Å². The van der Waals surface area contributed by atoms with Crippen LogP contribution in [0.2, 0.25) is 10.0 Å². The highest BCUT2D eigenvalue weighted by Gasteiger charge is 2.06. The Morgan fingerprint density at radius 1 is 0.842 bits per heavy atom. The molecule has 0 heterocycles. The third-order valence-corrected chi connectivity index (χ3v) is 4.07. The van der Waals surface area contributed by atoms with Crippen molar-refractivity contribution in [3.8, 4) is 0 Å². The van der Waals surface area contributed by atoms with Gasteiger partial charge >= 0.3 is 0 Å². The average molecular weight is 362 g/mol. The number of benzene rings is 2. The molecule has 0 aliphatic heterocycles. The molecule has 2 aromatic rings. The van der Waals surface area contributed by atoms with Gasteiger partial charge in [0, 0.05) is 15.4 Å². The Morgan fingerprint density at radius 2 is 1.42 bits per heavy atom. The summed E-state index contributed by atoms with van der Waals surface area (Å²) in [6.45, 7) is 0. The molecule has 0 N–H and O–H groups in total. The van der Waals surface area contributed by atoms with Crippen molar-refractivity contribution in [3.63, 3.8) is 0 Å². The largest absolute Gasteiger partial charge is 0.207 e. The van der Waals surface area contributed by atoms with Crippen LogP contribution < -0.4 is 0 Å². The van der Waals surface area contributed by atoms with Crippen molar-refractivity contribution in [2.75, 3.05) is 0 Å². The second-order valence-corrected chi connectivity index (χ2v) is 5.72. The van der Waals surface area contributed by atoms with Gasteiger partial charge < -0.3 is 0 Å². The van der Waals surface area contributed by atoms with Gasteiger partial charge in [0.05, 0.1) is 0 Å². The Hall–Kier alpha value is -0.570. The van der Waals surface area contributed by atoms with E-state index in [1.165, 1.54) is 11.6 Å². The van der Waals surface area contributed by atoms with Crippen LogP contribution in [-0.2, 0) is 18.2 Å². The first-order valence-corrected chi connectivity index (χ1v) is 7.75. The number of aryl methyl sites for hydroxylation is 2. The molecule has 2 rings (SSSR count). The lowest BCUT2D eigenvalue weighted by Gasteiger charge is -2.09. The van der Waals surface area contributed by atoms with E-state index in [4.69, 9.17) is 23.2 Å². The summed E-state index contributed by atoms with van der Waals surface area (Å²) < 4.78 is 13.7. The maximum Gasteiger partial charge on any atom is 0.127 e. The van der Waals surface area contributed by atoms with Crippen LogP contribution in [0.15, 0.2) is 36.4 Å². The van der Waals surface area contributed by atoms with Crippen LogP contribution in [0.4, 0.5) is 4.39 Å². The van der Waals surface area contributed by atoms with Gasteiger partial charge in [0.2, 0.25) is 0 Å². The van der Waals surface area contributed by atoms with Crippen molar-refractivity contribution in [2.24, 2.45) is 0 Å². The van der Waals surface area contributed by atoms with Gasteiger partial charge in [-0.1, -0.05) is 51.3 Å². The lowest BCUT2D eigenvalue weighted by molar-refractivity contribution is 0.608. The molecule has 0 amide bonds. The van der Waals surface area contributed by atoms with Gasteiger partial charge in [-0.05, 0) is 53.8 Å². The third kappa shape index (κ3) is 3.95. The normalized spacial score (nSPS) is 10.7. The molecule has 100 valence electrons. The zero-order chi connectivity index (χ0) is 13.8. The second-order valence-electron chi connectivity index (χ2n) is 4.28. The van der Waals surface area contributed by atoms with E-state index < -0.39 is 0 Å². The molecule has 0 fully saturated rings. The highest BCUT2D eigenvalue weighted by molar-refractivity contribution is 9.08. The van der Waals surface area contributed by atoms with Crippen molar-refractivity contribution in [1.82, 2.24) is 0 Å². The molecular formula is C15H12BrCl2F. The van der Waals surface area contributed by atoms with Crippen LogP contribution >= 0.6 is 39.1 Å². The zero-order valence-electron chi connectivity index (χ0n) is 10.1. The third-order valence-electron chi connectivity index (χ3n) is 2.99. The molecule has 0 spiro atoms. The predicted molar refractivity (Wildman–Crippen MR) is 82.9 cm³/mol. The van der Waals surface area contributed by atoms with Gasteiger partial charge in [-0.2, -0.15) is 0 Å². The molecule has 0 radical (unpaired) electrons. The van der Waals surface area contributed by atoms with Crippen molar-refractivity contribution < 1.29 is 4.39 Å². The van der Waals surface area contributed by atoms with E-state index in [0.29, 0.717) is 17.0 Å². The van der Waals surface area contributed by atoms with E-state index in [2.05, 4.69) is 15.9 Å². The minimum Gasteiger partial charge on any atom is -0.207 e. The molecule has 2 aromatic carbocycles. The topological polar surface area (TPSA) is 0 Å². The Balaban J connectivity index is 2.14. The SMILES string of the molecule is Fc1cc(Cl)ccc1CCc1ccc(Cl)cc1CBr. The summed E-state index contributed by atoms with van der Waals surface area (Å²) in [5.41, 5.74) is 3.00. The van der Waals surface area contributed by atoms with Gasteiger partial charge in [-0.3, -0.25) is 0 Å². The first-order chi connectivity index (χ1) is 9.10. The smallest absolute Gasteiger partial charge is 0.127 e. The molecule has 0 bridgehead atoms. The summed E-state index contributed by atoms with van der Waals surface area (Å²) >= 11 is 15.1. The van der Waals surface area contributed by atoms with Crippen molar-refractivity contribution >= 4 is 39.1 Å². The molecule has 0 saturated carbocycles. The summed E-state index contributed by atoms with van der Waals surface area (Å²) in [5, 5.41) is 1.89. The Labute approximate surface area is 130 Å². The van der Waals surface area contributed by atoms with Crippen molar-refractivity contribution in [3.05, 3.63) is 69.0 Å². The maximum absolute atomic E-state index is 13.7. The van der Waals surface area contributed by atoms with E-state index in [0.717, 1.165) is 22.3 Å². The lowest BCUT2D eigenvalue weighted by Crippen LogP contribution is -1.98. The lowest BCUT2D eigenvalue weighted by atomic mass is 10.0. The minimum absolute atomic E-state index is 0.248. The predicted octanol–water partition coefficient (Wildman–Crippen LogP) is 5.81. The Kier molecular flexibility index (Phi) is 5.26. The molecule has 0 atom stereocenters. The highest BCUT2D eigenvalue weighted by atomic mass is 79.9. The molecule has 0 unspecified atom stereocenters. The molecule has 0 saturated heterocycles. The summed E-state index contributed by atoms with van der Waals surface area (Å²) in [6, 6.07) is 10.6. The van der Waals surface area contributed by atoms with Crippen molar-refractivity contribution in [2.45, 2.75) is 18.2 Å². The van der Waals surface area contributed by atoms with Crippen molar-refractivity contribution in [1.29, 1.82) is 0 Å². The standard InChI is InChI=1S/C15H12BrCl2F/c16-9-12-7-13(17)5-3-10(12)1-2-11-4-6-14(18)8-15(11)19/h3-8H,1-2,9H2.